The summed E-state index contributed by atoms with van der Waals surface area (Å²) in [7, 11) is 0. The number of amides is 1. The molecule has 0 aromatic heterocycles. The minimum atomic E-state index is -0.00171. The van der Waals surface area contributed by atoms with Gasteiger partial charge in [0.05, 0.1) is 16.3 Å². The third kappa shape index (κ3) is 2.46. The second kappa shape index (κ2) is 5.19. The summed E-state index contributed by atoms with van der Waals surface area (Å²) in [5.74, 6) is 1.20. The second-order valence-electron chi connectivity index (χ2n) is 5.25. The van der Waals surface area contributed by atoms with Crippen molar-refractivity contribution in [2.24, 2.45) is 11.8 Å². The number of hydrogen-bond acceptors (Lipinski definition) is 2. The van der Waals surface area contributed by atoms with E-state index in [4.69, 9.17) is 17.3 Å². The van der Waals surface area contributed by atoms with Crippen LogP contribution >= 0.6 is 11.6 Å². The van der Waals surface area contributed by atoms with E-state index in [1.165, 1.54) is 0 Å². The first kappa shape index (κ1) is 13.2. The van der Waals surface area contributed by atoms with Crippen LogP contribution in [-0.2, 0) is 0 Å². The number of para-hydroxylation sites is 1. The molecule has 1 aliphatic heterocycles. The molecule has 2 rings (SSSR count). The molecule has 1 atom stereocenters. The van der Waals surface area contributed by atoms with Crippen LogP contribution in [0.1, 0.15) is 30.6 Å². The van der Waals surface area contributed by atoms with Crippen molar-refractivity contribution in [2.45, 2.75) is 20.3 Å². The summed E-state index contributed by atoms with van der Waals surface area (Å²) in [5, 5.41) is 0.445. The zero-order valence-corrected chi connectivity index (χ0v) is 11.6. The van der Waals surface area contributed by atoms with E-state index in [0.29, 0.717) is 28.1 Å². The minimum absolute atomic E-state index is 0.00171. The Bertz CT molecular complexity index is 459. The minimum Gasteiger partial charge on any atom is -0.397 e. The lowest BCUT2D eigenvalue weighted by Gasteiger charge is -2.19. The summed E-state index contributed by atoms with van der Waals surface area (Å²) in [6.45, 7) is 6.04. The monoisotopic (exact) mass is 266 g/mol. The predicted octanol–water partition coefficient (Wildman–Crippen LogP) is 3.04. The third-order valence-corrected chi connectivity index (χ3v) is 4.07. The zero-order chi connectivity index (χ0) is 13.3. The lowest BCUT2D eigenvalue weighted by Crippen LogP contribution is -2.30. The van der Waals surface area contributed by atoms with Crippen molar-refractivity contribution in [3.05, 3.63) is 28.8 Å². The predicted molar refractivity (Wildman–Crippen MR) is 74.7 cm³/mol. The van der Waals surface area contributed by atoms with E-state index in [9.17, 15) is 4.79 Å². The molecular formula is C14H19ClN2O. The molecule has 0 saturated carbocycles. The lowest BCUT2D eigenvalue weighted by atomic mass is 9.95. The fourth-order valence-electron chi connectivity index (χ4n) is 2.41. The number of carbonyl (C=O) groups excluding carboxylic acids is 1. The summed E-state index contributed by atoms with van der Waals surface area (Å²) in [4.78, 5) is 14.3. The molecule has 1 aromatic carbocycles. The van der Waals surface area contributed by atoms with E-state index in [-0.39, 0.29) is 5.91 Å². The average Bonchev–Trinajstić information content (AvgIpc) is 2.81. The van der Waals surface area contributed by atoms with Crippen LogP contribution in [0.2, 0.25) is 5.02 Å². The number of rotatable bonds is 2. The van der Waals surface area contributed by atoms with Gasteiger partial charge in [-0.05, 0) is 30.4 Å². The molecule has 1 amide bonds. The highest BCUT2D eigenvalue weighted by Crippen LogP contribution is 2.28. The third-order valence-electron chi connectivity index (χ3n) is 3.74. The van der Waals surface area contributed by atoms with Gasteiger partial charge in [0.1, 0.15) is 0 Å². The van der Waals surface area contributed by atoms with E-state index in [0.717, 1.165) is 19.5 Å². The Kier molecular flexibility index (Phi) is 3.81. The molecule has 98 valence electrons. The highest BCUT2D eigenvalue weighted by Gasteiger charge is 2.29. The van der Waals surface area contributed by atoms with Crippen LogP contribution in [-0.4, -0.2) is 23.9 Å². The summed E-state index contributed by atoms with van der Waals surface area (Å²) < 4.78 is 0. The van der Waals surface area contributed by atoms with Gasteiger partial charge in [-0.1, -0.05) is 31.5 Å². The van der Waals surface area contributed by atoms with Crippen LogP contribution in [0.15, 0.2) is 18.2 Å². The lowest BCUT2D eigenvalue weighted by molar-refractivity contribution is 0.0785. The molecule has 0 spiro atoms. The van der Waals surface area contributed by atoms with Crippen LogP contribution in [0.5, 0.6) is 0 Å². The van der Waals surface area contributed by atoms with Gasteiger partial charge in [-0.3, -0.25) is 4.79 Å². The number of halogens is 1. The van der Waals surface area contributed by atoms with Gasteiger partial charge >= 0.3 is 0 Å². The van der Waals surface area contributed by atoms with Gasteiger partial charge < -0.3 is 10.6 Å². The van der Waals surface area contributed by atoms with E-state index >= 15 is 0 Å². The average molecular weight is 267 g/mol. The number of likely N-dealkylation sites (tertiary alicyclic amines) is 1. The molecular weight excluding hydrogens is 248 g/mol. The van der Waals surface area contributed by atoms with Crippen molar-refractivity contribution in [3.8, 4) is 0 Å². The first-order chi connectivity index (χ1) is 8.50. The number of benzene rings is 1. The van der Waals surface area contributed by atoms with Crippen molar-refractivity contribution < 1.29 is 4.79 Å². The molecule has 0 aliphatic carbocycles. The van der Waals surface area contributed by atoms with Gasteiger partial charge in [-0.25, -0.2) is 0 Å². The summed E-state index contributed by atoms with van der Waals surface area (Å²) >= 11 is 5.95. The van der Waals surface area contributed by atoms with Gasteiger partial charge in [-0.15, -0.1) is 0 Å². The highest BCUT2D eigenvalue weighted by molar-refractivity contribution is 6.33. The number of anilines is 1. The number of hydrogen-bond donors (Lipinski definition) is 1. The molecule has 1 unspecified atom stereocenters. The van der Waals surface area contributed by atoms with E-state index in [2.05, 4.69) is 13.8 Å². The van der Waals surface area contributed by atoms with Crippen molar-refractivity contribution in [1.29, 1.82) is 0 Å². The number of nitrogens with zero attached hydrogens (tertiary/aromatic N) is 1. The molecule has 1 heterocycles. The highest BCUT2D eigenvalue weighted by atomic mass is 35.5. The molecule has 18 heavy (non-hydrogen) atoms. The van der Waals surface area contributed by atoms with E-state index in [1.54, 1.807) is 18.2 Å². The van der Waals surface area contributed by atoms with Crippen LogP contribution < -0.4 is 5.73 Å². The SMILES string of the molecule is CC(C)C1CCN(C(=O)c2cccc(Cl)c2N)C1. The Morgan fingerprint density at radius 2 is 2.22 bits per heavy atom. The Morgan fingerprint density at radius 3 is 2.83 bits per heavy atom. The normalized spacial score (nSPS) is 19.6. The van der Waals surface area contributed by atoms with Crippen LogP contribution in [0.25, 0.3) is 0 Å². The number of nitrogens with two attached hydrogens (primary N) is 1. The van der Waals surface area contributed by atoms with Crippen molar-refractivity contribution in [3.63, 3.8) is 0 Å². The zero-order valence-electron chi connectivity index (χ0n) is 10.8. The van der Waals surface area contributed by atoms with E-state index in [1.807, 2.05) is 4.90 Å². The molecule has 0 radical (unpaired) electrons. The Hall–Kier alpha value is -1.22. The van der Waals surface area contributed by atoms with Crippen LogP contribution in [0.3, 0.4) is 0 Å². The molecule has 1 aromatic rings. The smallest absolute Gasteiger partial charge is 0.256 e. The Labute approximate surface area is 113 Å². The Balaban J connectivity index is 2.16. The molecule has 1 fully saturated rings. The molecule has 3 nitrogen and oxygen atoms in total. The Morgan fingerprint density at radius 1 is 1.50 bits per heavy atom. The van der Waals surface area contributed by atoms with Crippen LogP contribution in [0, 0.1) is 11.8 Å². The fourth-order valence-corrected chi connectivity index (χ4v) is 2.58. The maximum Gasteiger partial charge on any atom is 0.256 e. The first-order valence-electron chi connectivity index (χ1n) is 6.34. The van der Waals surface area contributed by atoms with Gasteiger partial charge in [-0.2, -0.15) is 0 Å². The van der Waals surface area contributed by atoms with Crippen molar-refractivity contribution >= 4 is 23.2 Å². The van der Waals surface area contributed by atoms with Gasteiger partial charge in [0, 0.05) is 13.1 Å². The number of nitrogen functional groups attached to an aromatic ring is 1. The van der Waals surface area contributed by atoms with Gasteiger partial charge in [0.25, 0.3) is 5.91 Å². The molecule has 0 bridgehead atoms. The second-order valence-corrected chi connectivity index (χ2v) is 5.65. The summed E-state index contributed by atoms with van der Waals surface area (Å²) in [5.41, 5.74) is 6.77. The fraction of sp³-hybridized carbons (Fsp3) is 0.500. The largest absolute Gasteiger partial charge is 0.397 e. The molecule has 1 aliphatic rings. The molecule has 1 saturated heterocycles. The first-order valence-corrected chi connectivity index (χ1v) is 6.71. The standard InChI is InChI=1S/C14H19ClN2O/c1-9(2)10-6-7-17(8-10)14(18)11-4-3-5-12(15)13(11)16/h3-5,9-10H,6-8,16H2,1-2H3. The van der Waals surface area contributed by atoms with Crippen molar-refractivity contribution in [2.75, 3.05) is 18.8 Å². The molecule has 4 heteroatoms. The van der Waals surface area contributed by atoms with E-state index < -0.39 is 0 Å². The van der Waals surface area contributed by atoms with Gasteiger partial charge in [0.2, 0.25) is 0 Å². The van der Waals surface area contributed by atoms with Crippen molar-refractivity contribution in [1.82, 2.24) is 4.90 Å². The summed E-state index contributed by atoms with van der Waals surface area (Å²) in [6, 6.07) is 5.21. The molecule has 2 N–H and O–H groups in total. The van der Waals surface area contributed by atoms with Crippen LogP contribution in [0.4, 0.5) is 5.69 Å². The topological polar surface area (TPSA) is 46.3 Å². The maximum absolute atomic E-state index is 12.4. The van der Waals surface area contributed by atoms with Gasteiger partial charge in [0.15, 0.2) is 0 Å². The quantitative estimate of drug-likeness (QED) is 0.837. The number of carbonyl (C=O) groups is 1. The summed E-state index contributed by atoms with van der Waals surface area (Å²) in [6.07, 6.45) is 1.07. The maximum atomic E-state index is 12.4.